The van der Waals surface area contributed by atoms with Gasteiger partial charge in [-0.1, -0.05) is 13.0 Å². The molecule has 0 N–H and O–H groups in total. The van der Waals surface area contributed by atoms with Gasteiger partial charge in [0.05, 0.1) is 12.1 Å². The third-order valence-electron chi connectivity index (χ3n) is 5.77. The summed E-state index contributed by atoms with van der Waals surface area (Å²) in [4.78, 5) is 21.6. The number of hydrogen-bond acceptors (Lipinski definition) is 4. The fraction of sp³-hybridized carbons (Fsp3) is 0.571. The molecule has 27 heavy (non-hydrogen) atoms. The van der Waals surface area contributed by atoms with Crippen LogP contribution in [0.3, 0.4) is 0 Å². The number of aromatic nitrogens is 3. The van der Waals surface area contributed by atoms with Crippen molar-refractivity contribution < 1.29 is 4.79 Å². The molecule has 1 amide bonds. The molecule has 2 aromatic heterocycles. The standard InChI is InChI=1S/C21H31N5O/c1-5-26-11-7-9-18(20(26)19-13-23-25(4)15-19)14-24(3)21(27)16(2)17-8-6-10-22-12-17/h6,8,10,12-13,15-16,18,20H,5,7,9,11,14H2,1-4H3/t16?,18-,20+/m0/s1. The van der Waals surface area contributed by atoms with Gasteiger partial charge in [-0.25, -0.2) is 0 Å². The predicted molar refractivity (Wildman–Crippen MR) is 106 cm³/mol. The molecule has 1 aliphatic rings. The van der Waals surface area contributed by atoms with Crippen molar-refractivity contribution in [1.82, 2.24) is 24.6 Å². The van der Waals surface area contributed by atoms with Gasteiger partial charge in [-0.2, -0.15) is 5.10 Å². The van der Waals surface area contributed by atoms with Crippen LogP contribution in [-0.2, 0) is 11.8 Å². The van der Waals surface area contributed by atoms with E-state index in [1.807, 2.05) is 48.9 Å². The Labute approximate surface area is 162 Å². The average molecular weight is 370 g/mol. The Morgan fingerprint density at radius 1 is 1.41 bits per heavy atom. The lowest BCUT2D eigenvalue weighted by Gasteiger charge is -2.42. The Morgan fingerprint density at radius 3 is 2.85 bits per heavy atom. The van der Waals surface area contributed by atoms with E-state index < -0.39 is 0 Å². The lowest BCUT2D eigenvalue weighted by Crippen LogP contribution is -2.44. The number of carbonyl (C=O) groups excluding carboxylic acids is 1. The van der Waals surface area contributed by atoms with E-state index in [-0.39, 0.29) is 11.8 Å². The molecule has 3 rings (SSSR count). The quantitative estimate of drug-likeness (QED) is 0.786. The van der Waals surface area contributed by atoms with Crippen LogP contribution >= 0.6 is 0 Å². The highest BCUT2D eigenvalue weighted by Crippen LogP contribution is 2.36. The predicted octanol–water partition coefficient (Wildman–Crippen LogP) is 2.85. The zero-order valence-electron chi connectivity index (χ0n) is 16.9. The number of pyridine rings is 1. The number of likely N-dealkylation sites (N-methyl/N-ethyl adjacent to an activating group) is 1. The van der Waals surface area contributed by atoms with Gasteiger partial charge in [0.25, 0.3) is 0 Å². The van der Waals surface area contributed by atoms with Crippen LogP contribution in [0, 0.1) is 5.92 Å². The normalized spacial score (nSPS) is 21.8. The number of nitrogens with zero attached hydrogens (tertiary/aromatic N) is 5. The number of aryl methyl sites for hydroxylation is 1. The Morgan fingerprint density at radius 2 is 2.22 bits per heavy atom. The summed E-state index contributed by atoms with van der Waals surface area (Å²) in [5, 5.41) is 4.38. The first kappa shape index (κ1) is 19.5. The highest BCUT2D eigenvalue weighted by atomic mass is 16.2. The molecule has 0 bridgehead atoms. The molecule has 1 fully saturated rings. The van der Waals surface area contributed by atoms with E-state index in [2.05, 4.69) is 28.1 Å². The molecule has 6 heteroatoms. The summed E-state index contributed by atoms with van der Waals surface area (Å²) in [7, 11) is 3.89. The van der Waals surface area contributed by atoms with Crippen molar-refractivity contribution in [3.05, 3.63) is 48.0 Å². The van der Waals surface area contributed by atoms with Crippen LogP contribution in [0.4, 0.5) is 0 Å². The minimum atomic E-state index is -0.175. The lowest BCUT2D eigenvalue weighted by molar-refractivity contribution is -0.132. The molecule has 2 aromatic rings. The summed E-state index contributed by atoms with van der Waals surface area (Å²) in [6.07, 6.45) is 9.93. The van der Waals surface area contributed by atoms with E-state index in [4.69, 9.17) is 0 Å². The molecule has 0 radical (unpaired) electrons. The lowest BCUT2D eigenvalue weighted by atomic mass is 9.85. The monoisotopic (exact) mass is 369 g/mol. The third-order valence-corrected chi connectivity index (χ3v) is 5.77. The minimum Gasteiger partial charge on any atom is -0.345 e. The average Bonchev–Trinajstić information content (AvgIpc) is 3.13. The van der Waals surface area contributed by atoms with Crippen LogP contribution < -0.4 is 0 Å². The highest BCUT2D eigenvalue weighted by Gasteiger charge is 2.34. The molecule has 3 heterocycles. The minimum absolute atomic E-state index is 0.154. The van der Waals surface area contributed by atoms with Crippen molar-refractivity contribution in [2.45, 2.75) is 38.6 Å². The first-order valence-electron chi connectivity index (χ1n) is 9.88. The molecule has 6 nitrogen and oxygen atoms in total. The zero-order valence-corrected chi connectivity index (χ0v) is 16.9. The van der Waals surface area contributed by atoms with Crippen molar-refractivity contribution in [1.29, 1.82) is 0 Å². The van der Waals surface area contributed by atoms with Gasteiger partial charge in [-0.3, -0.25) is 19.4 Å². The summed E-state index contributed by atoms with van der Waals surface area (Å²) in [6.45, 7) is 7.06. The number of carbonyl (C=O) groups is 1. The van der Waals surface area contributed by atoms with Crippen LogP contribution in [0.5, 0.6) is 0 Å². The van der Waals surface area contributed by atoms with Gasteiger partial charge in [-0.05, 0) is 50.4 Å². The van der Waals surface area contributed by atoms with Crippen LogP contribution in [0.2, 0.25) is 0 Å². The van der Waals surface area contributed by atoms with Crippen LogP contribution in [-0.4, -0.2) is 57.2 Å². The SMILES string of the molecule is CCN1CCC[C@@H](CN(C)C(=O)C(C)c2cccnc2)[C@@H]1c1cnn(C)c1. The van der Waals surface area contributed by atoms with E-state index >= 15 is 0 Å². The van der Waals surface area contributed by atoms with Crippen molar-refractivity contribution in [2.24, 2.45) is 13.0 Å². The van der Waals surface area contributed by atoms with E-state index in [0.29, 0.717) is 12.0 Å². The van der Waals surface area contributed by atoms with Gasteiger partial charge in [0.2, 0.25) is 5.91 Å². The maximum atomic E-state index is 13.0. The highest BCUT2D eigenvalue weighted by molar-refractivity contribution is 5.83. The van der Waals surface area contributed by atoms with E-state index in [1.165, 1.54) is 12.0 Å². The van der Waals surface area contributed by atoms with E-state index in [9.17, 15) is 4.79 Å². The van der Waals surface area contributed by atoms with E-state index in [1.54, 1.807) is 12.4 Å². The van der Waals surface area contributed by atoms with Crippen molar-refractivity contribution in [3.8, 4) is 0 Å². The zero-order chi connectivity index (χ0) is 19.4. The number of hydrogen-bond donors (Lipinski definition) is 0. The first-order chi connectivity index (χ1) is 13.0. The van der Waals surface area contributed by atoms with Crippen molar-refractivity contribution in [2.75, 3.05) is 26.7 Å². The Kier molecular flexibility index (Phi) is 6.26. The Hall–Kier alpha value is -2.21. The molecular weight excluding hydrogens is 338 g/mol. The fourth-order valence-corrected chi connectivity index (χ4v) is 4.32. The van der Waals surface area contributed by atoms with Gasteiger partial charge < -0.3 is 4.90 Å². The van der Waals surface area contributed by atoms with Crippen molar-refractivity contribution >= 4 is 5.91 Å². The maximum absolute atomic E-state index is 13.0. The molecular formula is C21H31N5O. The summed E-state index contributed by atoms with van der Waals surface area (Å²) < 4.78 is 1.87. The number of amides is 1. The van der Waals surface area contributed by atoms with Gasteiger partial charge >= 0.3 is 0 Å². The second-order valence-corrected chi connectivity index (χ2v) is 7.65. The molecule has 0 aromatic carbocycles. The molecule has 146 valence electrons. The molecule has 0 aliphatic carbocycles. The number of rotatable bonds is 6. The molecule has 1 aliphatic heterocycles. The second-order valence-electron chi connectivity index (χ2n) is 7.65. The van der Waals surface area contributed by atoms with Gasteiger partial charge in [-0.15, -0.1) is 0 Å². The van der Waals surface area contributed by atoms with Crippen molar-refractivity contribution in [3.63, 3.8) is 0 Å². The topological polar surface area (TPSA) is 54.3 Å². The Balaban J connectivity index is 1.74. The molecule has 3 atom stereocenters. The second kappa shape index (κ2) is 8.65. The number of piperidine rings is 1. The van der Waals surface area contributed by atoms with Crippen LogP contribution in [0.25, 0.3) is 0 Å². The summed E-state index contributed by atoms with van der Waals surface area (Å²) in [6, 6.07) is 4.18. The molecule has 0 spiro atoms. The maximum Gasteiger partial charge on any atom is 0.229 e. The summed E-state index contributed by atoms with van der Waals surface area (Å²) >= 11 is 0. The summed E-state index contributed by atoms with van der Waals surface area (Å²) in [5.41, 5.74) is 2.22. The van der Waals surface area contributed by atoms with Crippen LogP contribution in [0.15, 0.2) is 36.9 Å². The van der Waals surface area contributed by atoms with Crippen LogP contribution in [0.1, 0.15) is 49.8 Å². The van der Waals surface area contributed by atoms with Gasteiger partial charge in [0, 0.05) is 50.8 Å². The Bertz CT molecular complexity index is 744. The number of likely N-dealkylation sites (tertiary alicyclic amines) is 1. The van der Waals surface area contributed by atoms with Gasteiger partial charge in [0.1, 0.15) is 0 Å². The largest absolute Gasteiger partial charge is 0.345 e. The summed E-state index contributed by atoms with van der Waals surface area (Å²) in [5.74, 6) is 0.394. The molecule has 0 saturated carbocycles. The third kappa shape index (κ3) is 4.38. The van der Waals surface area contributed by atoms with Gasteiger partial charge in [0.15, 0.2) is 0 Å². The fourth-order valence-electron chi connectivity index (χ4n) is 4.32. The first-order valence-corrected chi connectivity index (χ1v) is 9.88. The molecule has 1 unspecified atom stereocenters. The smallest absolute Gasteiger partial charge is 0.229 e. The molecule has 1 saturated heterocycles. The van der Waals surface area contributed by atoms with E-state index in [0.717, 1.165) is 31.6 Å².